The number of halogens is 3. The van der Waals surface area contributed by atoms with E-state index in [0.29, 0.717) is 10.8 Å². The van der Waals surface area contributed by atoms with E-state index in [1.165, 1.54) is 17.5 Å². The van der Waals surface area contributed by atoms with Gasteiger partial charge in [0.15, 0.2) is 5.13 Å². The Bertz CT molecular complexity index is 917. The van der Waals surface area contributed by atoms with E-state index in [2.05, 4.69) is 20.3 Å². The molecule has 3 aromatic heterocycles. The fourth-order valence-electron chi connectivity index (χ4n) is 2.58. The maximum Gasteiger partial charge on any atom is 0.416 e. The number of aryl methyl sites for hydroxylation is 1. The molecule has 0 bridgehead atoms. The van der Waals surface area contributed by atoms with Gasteiger partial charge in [-0.2, -0.15) is 13.2 Å². The molecule has 0 unspecified atom stereocenters. The van der Waals surface area contributed by atoms with Crippen molar-refractivity contribution in [3.8, 4) is 11.4 Å². The van der Waals surface area contributed by atoms with Crippen molar-refractivity contribution in [1.29, 1.82) is 0 Å². The number of hydrogen-bond donors (Lipinski definition) is 1. The number of hydrogen-bond acceptors (Lipinski definition) is 5. The van der Waals surface area contributed by atoms with Crippen LogP contribution in [0.1, 0.15) is 43.4 Å². The summed E-state index contributed by atoms with van der Waals surface area (Å²) >= 11 is 1.29. The minimum atomic E-state index is -4.43. The predicted molar refractivity (Wildman–Crippen MR) is 101 cm³/mol. The van der Waals surface area contributed by atoms with Gasteiger partial charge in [-0.25, -0.2) is 9.97 Å². The Morgan fingerprint density at radius 3 is 2.48 bits per heavy atom. The second-order valence-electron chi connectivity index (χ2n) is 6.38. The highest BCUT2D eigenvalue weighted by Gasteiger charge is 2.34. The molecule has 142 valence electrons. The molecule has 0 aliphatic rings. The van der Waals surface area contributed by atoms with E-state index in [1.54, 1.807) is 20.0 Å². The Kier molecular flexibility index (Phi) is 5.46. The SMILES string of the molecule is CCc1ccc(-c2csc(Nc3cc(C(F)(F)F)c(C(C)C)cn3)n2)nc1. The van der Waals surface area contributed by atoms with Crippen molar-refractivity contribution < 1.29 is 13.2 Å². The van der Waals surface area contributed by atoms with Gasteiger partial charge in [-0.15, -0.1) is 11.3 Å². The van der Waals surface area contributed by atoms with Crippen LogP contribution in [0.25, 0.3) is 11.4 Å². The first kappa shape index (κ1) is 19.3. The lowest BCUT2D eigenvalue weighted by atomic mass is 9.99. The van der Waals surface area contributed by atoms with Gasteiger partial charge in [0.05, 0.1) is 11.3 Å². The van der Waals surface area contributed by atoms with Crippen LogP contribution in [-0.2, 0) is 12.6 Å². The normalized spacial score (nSPS) is 11.8. The topological polar surface area (TPSA) is 50.7 Å². The van der Waals surface area contributed by atoms with Gasteiger partial charge in [-0.3, -0.25) is 4.98 Å². The predicted octanol–water partition coefficient (Wildman–Crippen LogP) is 6.05. The lowest BCUT2D eigenvalue weighted by Crippen LogP contribution is -2.11. The smallest absolute Gasteiger partial charge is 0.316 e. The Balaban J connectivity index is 1.84. The van der Waals surface area contributed by atoms with Gasteiger partial charge in [-0.05, 0) is 35.6 Å². The number of rotatable bonds is 5. The van der Waals surface area contributed by atoms with Crippen molar-refractivity contribution in [2.75, 3.05) is 5.32 Å². The monoisotopic (exact) mass is 392 g/mol. The molecule has 8 heteroatoms. The maximum atomic E-state index is 13.3. The molecule has 0 fully saturated rings. The fourth-order valence-corrected chi connectivity index (χ4v) is 3.29. The highest BCUT2D eigenvalue weighted by atomic mass is 32.1. The molecular weight excluding hydrogens is 373 g/mol. The summed E-state index contributed by atoms with van der Waals surface area (Å²) in [7, 11) is 0. The molecule has 0 saturated carbocycles. The third-order valence-electron chi connectivity index (χ3n) is 4.10. The van der Waals surface area contributed by atoms with Crippen LogP contribution in [0.2, 0.25) is 0 Å². The largest absolute Gasteiger partial charge is 0.416 e. The minimum absolute atomic E-state index is 0.113. The molecule has 27 heavy (non-hydrogen) atoms. The fraction of sp³-hybridized carbons (Fsp3) is 0.316. The Morgan fingerprint density at radius 1 is 1.11 bits per heavy atom. The van der Waals surface area contributed by atoms with E-state index in [9.17, 15) is 13.2 Å². The lowest BCUT2D eigenvalue weighted by molar-refractivity contribution is -0.138. The summed E-state index contributed by atoms with van der Waals surface area (Å²) < 4.78 is 40.0. The summed E-state index contributed by atoms with van der Waals surface area (Å²) in [5.41, 5.74) is 2.01. The van der Waals surface area contributed by atoms with Gasteiger partial charge in [0.25, 0.3) is 0 Å². The highest BCUT2D eigenvalue weighted by molar-refractivity contribution is 7.14. The number of pyridine rings is 2. The number of anilines is 2. The van der Waals surface area contributed by atoms with Gasteiger partial charge in [-0.1, -0.05) is 26.8 Å². The first-order valence-electron chi connectivity index (χ1n) is 8.53. The zero-order chi connectivity index (χ0) is 19.6. The lowest BCUT2D eigenvalue weighted by Gasteiger charge is -2.16. The van der Waals surface area contributed by atoms with Crippen LogP contribution in [0.15, 0.2) is 36.0 Å². The minimum Gasteiger partial charge on any atom is -0.316 e. The highest BCUT2D eigenvalue weighted by Crippen LogP contribution is 2.36. The number of thiazole rings is 1. The Labute approximate surface area is 159 Å². The third kappa shape index (κ3) is 4.44. The van der Waals surface area contributed by atoms with Crippen LogP contribution in [-0.4, -0.2) is 15.0 Å². The quantitative estimate of drug-likeness (QED) is 0.574. The average molecular weight is 392 g/mol. The van der Waals surface area contributed by atoms with Crippen LogP contribution in [0.5, 0.6) is 0 Å². The molecule has 0 amide bonds. The van der Waals surface area contributed by atoms with Gasteiger partial charge >= 0.3 is 6.18 Å². The molecular formula is C19H19F3N4S. The summed E-state index contributed by atoms with van der Waals surface area (Å²) in [5, 5.41) is 5.14. The van der Waals surface area contributed by atoms with E-state index in [-0.39, 0.29) is 17.3 Å². The molecule has 0 saturated heterocycles. The number of nitrogens with zero attached hydrogens (tertiary/aromatic N) is 3. The number of alkyl halides is 3. The molecule has 0 aromatic carbocycles. The standard InChI is InChI=1S/C19H19F3N4S/c1-4-12-5-6-15(23-8-12)16-10-27-18(25-16)26-17-7-14(19(20,21)22)13(9-24-17)11(2)3/h5-11H,4H2,1-3H3,(H,24,25,26). The first-order chi connectivity index (χ1) is 12.8. The number of nitrogens with one attached hydrogen (secondary N) is 1. The average Bonchev–Trinajstić information content (AvgIpc) is 3.09. The van der Waals surface area contributed by atoms with Crippen molar-refractivity contribution >= 4 is 22.3 Å². The summed E-state index contributed by atoms with van der Waals surface area (Å²) in [6, 6.07) is 4.90. The zero-order valence-electron chi connectivity index (χ0n) is 15.1. The summed E-state index contributed by atoms with van der Waals surface area (Å²) in [6.07, 6.45) is -0.465. The van der Waals surface area contributed by atoms with Crippen molar-refractivity contribution in [3.63, 3.8) is 0 Å². The van der Waals surface area contributed by atoms with Crippen molar-refractivity contribution in [2.24, 2.45) is 0 Å². The Hall–Kier alpha value is -2.48. The summed E-state index contributed by atoms with van der Waals surface area (Å²) in [6.45, 7) is 5.47. The van der Waals surface area contributed by atoms with Crippen LogP contribution >= 0.6 is 11.3 Å². The second-order valence-corrected chi connectivity index (χ2v) is 7.24. The molecule has 0 aliphatic carbocycles. The van der Waals surface area contributed by atoms with Gasteiger partial charge < -0.3 is 5.32 Å². The molecule has 0 spiro atoms. The van der Waals surface area contributed by atoms with Crippen LogP contribution in [0.4, 0.5) is 24.1 Å². The van der Waals surface area contributed by atoms with Crippen LogP contribution in [0, 0.1) is 0 Å². The summed E-state index contributed by atoms with van der Waals surface area (Å²) in [5.74, 6) is -0.159. The molecule has 3 rings (SSSR count). The van der Waals surface area contributed by atoms with Crippen molar-refractivity contribution in [3.05, 3.63) is 52.7 Å². The molecule has 1 N–H and O–H groups in total. The van der Waals surface area contributed by atoms with E-state index < -0.39 is 11.7 Å². The molecule has 0 atom stereocenters. The zero-order valence-corrected chi connectivity index (χ0v) is 15.9. The van der Waals surface area contributed by atoms with E-state index in [4.69, 9.17) is 0 Å². The van der Waals surface area contributed by atoms with Gasteiger partial charge in [0.2, 0.25) is 0 Å². The van der Waals surface area contributed by atoms with Crippen LogP contribution < -0.4 is 5.32 Å². The van der Waals surface area contributed by atoms with Crippen molar-refractivity contribution in [1.82, 2.24) is 15.0 Å². The van der Waals surface area contributed by atoms with E-state index in [0.717, 1.165) is 23.7 Å². The summed E-state index contributed by atoms with van der Waals surface area (Å²) in [4.78, 5) is 12.9. The Morgan fingerprint density at radius 2 is 1.89 bits per heavy atom. The molecule has 0 aliphatic heterocycles. The molecule has 0 radical (unpaired) electrons. The molecule has 3 heterocycles. The van der Waals surface area contributed by atoms with Gasteiger partial charge in [0, 0.05) is 17.8 Å². The third-order valence-corrected chi connectivity index (χ3v) is 4.85. The number of aromatic nitrogens is 3. The van der Waals surface area contributed by atoms with Crippen LogP contribution in [0.3, 0.4) is 0 Å². The second kappa shape index (κ2) is 7.64. The van der Waals surface area contributed by atoms with E-state index >= 15 is 0 Å². The molecule has 3 aromatic rings. The van der Waals surface area contributed by atoms with E-state index in [1.807, 2.05) is 24.4 Å². The maximum absolute atomic E-state index is 13.3. The first-order valence-corrected chi connectivity index (χ1v) is 9.41. The molecule has 4 nitrogen and oxygen atoms in total. The van der Waals surface area contributed by atoms with Crippen molar-refractivity contribution in [2.45, 2.75) is 39.3 Å². The van der Waals surface area contributed by atoms with Gasteiger partial charge in [0.1, 0.15) is 11.5 Å².